The summed E-state index contributed by atoms with van der Waals surface area (Å²) < 4.78 is 23.9. The zero-order valence-corrected chi connectivity index (χ0v) is 16.9. The number of likely N-dealkylation sites (tertiary alicyclic amines) is 1. The number of fused-ring (bicyclic) bond motifs is 2. The largest absolute Gasteiger partial charge is 0.493 e. The van der Waals surface area contributed by atoms with E-state index in [-0.39, 0.29) is 11.9 Å². The number of rotatable bonds is 5. The van der Waals surface area contributed by atoms with Crippen LogP contribution in [0.5, 0.6) is 11.5 Å². The fourth-order valence-corrected chi connectivity index (χ4v) is 4.24. The molecule has 4 rings (SSSR count). The lowest BCUT2D eigenvalue weighted by atomic mass is 9.79. The second-order valence-corrected chi connectivity index (χ2v) is 7.72. The van der Waals surface area contributed by atoms with Crippen LogP contribution in [0.4, 0.5) is 0 Å². The summed E-state index contributed by atoms with van der Waals surface area (Å²) in [5, 5.41) is 0. The van der Waals surface area contributed by atoms with Gasteiger partial charge in [-0.25, -0.2) is 0 Å². The molecule has 2 aliphatic heterocycles. The van der Waals surface area contributed by atoms with E-state index in [1.807, 2.05) is 18.2 Å². The number of piperidine rings is 1. The van der Waals surface area contributed by atoms with E-state index in [0.29, 0.717) is 6.61 Å². The average Bonchev–Trinajstić information content (AvgIpc) is 2.74. The van der Waals surface area contributed by atoms with E-state index >= 15 is 0 Å². The molecule has 1 saturated heterocycles. The summed E-state index contributed by atoms with van der Waals surface area (Å²) in [6, 6.07) is 14.4. The highest BCUT2D eigenvalue weighted by atomic mass is 16.7. The first-order valence-electron chi connectivity index (χ1n) is 9.91. The predicted molar refractivity (Wildman–Crippen MR) is 108 cm³/mol. The first-order chi connectivity index (χ1) is 13.6. The summed E-state index contributed by atoms with van der Waals surface area (Å²) in [5.41, 5.74) is 3.26. The van der Waals surface area contributed by atoms with Gasteiger partial charge in [0.25, 0.3) is 0 Å². The Morgan fingerprint density at radius 2 is 1.82 bits per heavy atom. The van der Waals surface area contributed by atoms with Crippen molar-refractivity contribution in [3.05, 3.63) is 59.2 Å². The molecule has 2 aliphatic rings. The second kappa shape index (κ2) is 8.11. The molecule has 5 nitrogen and oxygen atoms in total. The molecule has 0 N–H and O–H groups in total. The molecule has 2 aromatic carbocycles. The van der Waals surface area contributed by atoms with Gasteiger partial charge in [0.15, 0.2) is 17.8 Å². The van der Waals surface area contributed by atoms with Gasteiger partial charge in [-0.2, -0.15) is 0 Å². The number of hydrogen-bond donors (Lipinski definition) is 0. The van der Waals surface area contributed by atoms with E-state index in [2.05, 4.69) is 36.2 Å². The maximum atomic E-state index is 6.48. The molecule has 28 heavy (non-hydrogen) atoms. The molecule has 5 heteroatoms. The highest BCUT2D eigenvalue weighted by molar-refractivity contribution is 5.50. The van der Waals surface area contributed by atoms with Crippen molar-refractivity contribution in [1.29, 1.82) is 0 Å². The molecular formula is C23H29NO4. The van der Waals surface area contributed by atoms with Crippen LogP contribution in [0.1, 0.15) is 29.5 Å². The zero-order valence-electron chi connectivity index (χ0n) is 16.9. The van der Waals surface area contributed by atoms with E-state index in [4.69, 9.17) is 18.9 Å². The topological polar surface area (TPSA) is 40.2 Å². The van der Waals surface area contributed by atoms with Crippen LogP contribution in [0.15, 0.2) is 42.5 Å². The fraction of sp³-hybridized carbons (Fsp3) is 0.478. The van der Waals surface area contributed by atoms with Crippen LogP contribution in [0.3, 0.4) is 0 Å². The minimum atomic E-state index is -0.322. The van der Waals surface area contributed by atoms with Gasteiger partial charge in [0.1, 0.15) is 6.61 Å². The van der Waals surface area contributed by atoms with E-state index in [0.717, 1.165) is 49.4 Å². The normalized spacial score (nSPS) is 21.3. The average molecular weight is 383 g/mol. The van der Waals surface area contributed by atoms with Crippen LogP contribution < -0.4 is 9.47 Å². The number of nitrogens with zero attached hydrogens (tertiary/aromatic N) is 1. The summed E-state index contributed by atoms with van der Waals surface area (Å²) in [4.78, 5) is 2.35. The standard InChI is InChI=1S/C23H29NO4/c1-24-11-9-23(10-12-24)19-15-21(27-16-17-7-5-4-6-8-17)20(25-2)13-18(19)14-22(26-3)28-23/h4-8,13,15,22H,9-12,14,16H2,1-3H3/t22-/m0/s1. The van der Waals surface area contributed by atoms with Gasteiger partial charge in [0.2, 0.25) is 0 Å². The maximum Gasteiger partial charge on any atom is 0.162 e. The lowest BCUT2D eigenvalue weighted by Crippen LogP contribution is -2.48. The fourth-order valence-electron chi connectivity index (χ4n) is 4.24. The summed E-state index contributed by atoms with van der Waals surface area (Å²) in [6.45, 7) is 2.51. The molecule has 0 amide bonds. The Balaban J connectivity index is 1.68. The number of methoxy groups -OCH3 is 2. The van der Waals surface area contributed by atoms with E-state index in [9.17, 15) is 0 Å². The van der Waals surface area contributed by atoms with Gasteiger partial charge in [-0.05, 0) is 48.7 Å². The molecule has 150 valence electrons. The lowest BCUT2D eigenvalue weighted by molar-refractivity contribution is -0.226. The minimum absolute atomic E-state index is 0.225. The molecule has 2 heterocycles. The first-order valence-corrected chi connectivity index (χ1v) is 9.91. The molecule has 1 spiro atoms. The van der Waals surface area contributed by atoms with Crippen molar-refractivity contribution in [1.82, 2.24) is 4.90 Å². The lowest BCUT2D eigenvalue weighted by Gasteiger charge is -2.46. The van der Waals surface area contributed by atoms with Gasteiger partial charge in [-0.1, -0.05) is 30.3 Å². The molecule has 0 saturated carbocycles. The van der Waals surface area contributed by atoms with Crippen LogP contribution in [-0.2, 0) is 28.1 Å². The van der Waals surface area contributed by atoms with Crippen LogP contribution >= 0.6 is 0 Å². The molecule has 2 aromatic rings. The summed E-state index contributed by atoms with van der Waals surface area (Å²) in [5.74, 6) is 1.53. The van der Waals surface area contributed by atoms with Crippen molar-refractivity contribution in [3.8, 4) is 11.5 Å². The first kappa shape index (κ1) is 19.2. The highest BCUT2D eigenvalue weighted by Gasteiger charge is 2.44. The van der Waals surface area contributed by atoms with Crippen molar-refractivity contribution in [3.63, 3.8) is 0 Å². The van der Waals surface area contributed by atoms with E-state index in [1.165, 1.54) is 11.1 Å². The summed E-state index contributed by atoms with van der Waals surface area (Å²) in [7, 11) is 5.56. The van der Waals surface area contributed by atoms with Gasteiger partial charge in [0, 0.05) is 26.6 Å². The predicted octanol–water partition coefficient (Wildman–Crippen LogP) is 3.74. The van der Waals surface area contributed by atoms with Crippen molar-refractivity contribution >= 4 is 0 Å². The summed E-state index contributed by atoms with van der Waals surface area (Å²) >= 11 is 0. The second-order valence-electron chi connectivity index (χ2n) is 7.72. The monoisotopic (exact) mass is 383 g/mol. The summed E-state index contributed by atoms with van der Waals surface area (Å²) in [6.07, 6.45) is 2.39. The molecular weight excluding hydrogens is 354 g/mol. The molecule has 1 atom stereocenters. The third-order valence-electron chi connectivity index (χ3n) is 5.92. The maximum absolute atomic E-state index is 6.48. The van der Waals surface area contributed by atoms with Gasteiger partial charge in [-0.15, -0.1) is 0 Å². The van der Waals surface area contributed by atoms with Gasteiger partial charge < -0.3 is 23.8 Å². The van der Waals surface area contributed by atoms with Gasteiger partial charge in [0.05, 0.1) is 12.7 Å². The van der Waals surface area contributed by atoms with Crippen LogP contribution in [0, 0.1) is 0 Å². The quantitative estimate of drug-likeness (QED) is 0.787. The third kappa shape index (κ3) is 3.75. The molecule has 1 fully saturated rings. The zero-order chi connectivity index (χ0) is 19.6. The van der Waals surface area contributed by atoms with Gasteiger partial charge >= 0.3 is 0 Å². The molecule has 0 radical (unpaired) electrons. The number of ether oxygens (including phenoxy) is 4. The highest BCUT2D eigenvalue weighted by Crippen LogP contribution is 2.46. The van der Waals surface area contributed by atoms with Gasteiger partial charge in [-0.3, -0.25) is 0 Å². The van der Waals surface area contributed by atoms with E-state index < -0.39 is 0 Å². The number of hydrogen-bond acceptors (Lipinski definition) is 5. The van der Waals surface area contributed by atoms with Crippen molar-refractivity contribution in [2.75, 3.05) is 34.4 Å². The van der Waals surface area contributed by atoms with Crippen LogP contribution in [-0.4, -0.2) is 45.5 Å². The Morgan fingerprint density at radius 3 is 2.50 bits per heavy atom. The molecule has 0 unspecified atom stereocenters. The Labute approximate surface area is 167 Å². The molecule has 0 aromatic heterocycles. The Kier molecular flexibility index (Phi) is 5.58. The van der Waals surface area contributed by atoms with E-state index in [1.54, 1.807) is 14.2 Å². The SMILES string of the molecule is COc1cc2c(cc1OCc1ccccc1)C1(CCN(C)CC1)O[C@H](OC)C2. The Hall–Kier alpha value is -2.08. The van der Waals surface area contributed by atoms with Crippen molar-refractivity contribution < 1.29 is 18.9 Å². The minimum Gasteiger partial charge on any atom is -0.493 e. The molecule has 0 aliphatic carbocycles. The van der Waals surface area contributed by atoms with Crippen LogP contribution in [0.2, 0.25) is 0 Å². The molecule has 0 bridgehead atoms. The third-order valence-corrected chi connectivity index (χ3v) is 5.92. The Morgan fingerprint density at radius 1 is 1.07 bits per heavy atom. The van der Waals surface area contributed by atoms with Crippen molar-refractivity contribution in [2.45, 2.75) is 37.8 Å². The Bertz CT molecular complexity index is 800. The smallest absolute Gasteiger partial charge is 0.162 e. The number of benzene rings is 2. The van der Waals surface area contributed by atoms with Crippen molar-refractivity contribution in [2.24, 2.45) is 0 Å². The van der Waals surface area contributed by atoms with Crippen LogP contribution in [0.25, 0.3) is 0 Å².